The average Bonchev–Trinajstić information content (AvgIpc) is 2.74. The Morgan fingerprint density at radius 2 is 2.17 bits per heavy atom. The van der Waals surface area contributed by atoms with E-state index in [0.717, 1.165) is 25.2 Å². The average molecular weight is 255 g/mol. The van der Waals surface area contributed by atoms with Crippen molar-refractivity contribution in [3.8, 4) is 0 Å². The first-order chi connectivity index (χ1) is 8.56. The standard InChI is InChI=1S/C12H25N5O/c1-9(2)7-17-12(14-8-15-17)6-11(16-13)5-10(3)18-4/h8-11,16H,5-7,13H2,1-4H3. The van der Waals surface area contributed by atoms with E-state index >= 15 is 0 Å². The molecule has 6 heteroatoms. The van der Waals surface area contributed by atoms with Crippen molar-refractivity contribution in [2.75, 3.05) is 7.11 Å². The van der Waals surface area contributed by atoms with E-state index in [1.165, 1.54) is 0 Å². The zero-order valence-corrected chi connectivity index (χ0v) is 11.8. The van der Waals surface area contributed by atoms with Gasteiger partial charge in [-0.05, 0) is 19.3 Å². The van der Waals surface area contributed by atoms with Gasteiger partial charge >= 0.3 is 0 Å². The van der Waals surface area contributed by atoms with Crippen molar-refractivity contribution in [3.05, 3.63) is 12.2 Å². The van der Waals surface area contributed by atoms with Gasteiger partial charge in [0.2, 0.25) is 0 Å². The third-order valence-corrected chi connectivity index (χ3v) is 2.92. The van der Waals surface area contributed by atoms with Crippen LogP contribution < -0.4 is 11.3 Å². The van der Waals surface area contributed by atoms with Gasteiger partial charge in [-0.3, -0.25) is 11.3 Å². The lowest BCUT2D eigenvalue weighted by molar-refractivity contribution is 0.0999. The number of hydrazine groups is 1. The van der Waals surface area contributed by atoms with Gasteiger partial charge < -0.3 is 4.74 Å². The van der Waals surface area contributed by atoms with Crippen molar-refractivity contribution in [2.45, 2.75) is 52.3 Å². The molecule has 3 N–H and O–H groups in total. The molecule has 6 nitrogen and oxygen atoms in total. The fraction of sp³-hybridized carbons (Fsp3) is 0.833. The molecule has 1 heterocycles. The summed E-state index contributed by atoms with van der Waals surface area (Å²) in [5.41, 5.74) is 2.82. The summed E-state index contributed by atoms with van der Waals surface area (Å²) < 4.78 is 7.21. The summed E-state index contributed by atoms with van der Waals surface area (Å²) in [5, 5.41) is 4.25. The predicted molar refractivity (Wildman–Crippen MR) is 70.8 cm³/mol. The quantitative estimate of drug-likeness (QED) is 0.529. The molecule has 0 fully saturated rings. The van der Waals surface area contributed by atoms with Crippen molar-refractivity contribution >= 4 is 0 Å². The van der Waals surface area contributed by atoms with Crippen LogP contribution in [0.3, 0.4) is 0 Å². The van der Waals surface area contributed by atoms with E-state index in [1.54, 1.807) is 13.4 Å². The highest BCUT2D eigenvalue weighted by atomic mass is 16.5. The Bertz CT molecular complexity index is 339. The fourth-order valence-electron chi connectivity index (χ4n) is 1.87. The molecule has 104 valence electrons. The van der Waals surface area contributed by atoms with Gasteiger partial charge in [-0.25, -0.2) is 9.67 Å². The van der Waals surface area contributed by atoms with E-state index < -0.39 is 0 Å². The first kappa shape index (κ1) is 15.1. The van der Waals surface area contributed by atoms with Crippen LogP contribution in [-0.4, -0.2) is 34.0 Å². The Balaban J connectivity index is 2.61. The minimum Gasteiger partial charge on any atom is -0.382 e. The molecule has 1 aromatic heterocycles. The summed E-state index contributed by atoms with van der Waals surface area (Å²) in [7, 11) is 1.71. The molecule has 0 saturated heterocycles. The lowest BCUT2D eigenvalue weighted by atomic mass is 10.1. The number of hydrogen-bond donors (Lipinski definition) is 2. The molecule has 1 aromatic rings. The third-order valence-electron chi connectivity index (χ3n) is 2.92. The predicted octanol–water partition coefficient (Wildman–Crippen LogP) is 0.734. The van der Waals surface area contributed by atoms with Crippen LogP contribution in [0.5, 0.6) is 0 Å². The van der Waals surface area contributed by atoms with Gasteiger partial charge in [0.15, 0.2) is 0 Å². The molecule has 0 aliphatic heterocycles. The maximum Gasteiger partial charge on any atom is 0.138 e. The van der Waals surface area contributed by atoms with Crippen LogP contribution in [0.4, 0.5) is 0 Å². The van der Waals surface area contributed by atoms with Crippen LogP contribution in [0.1, 0.15) is 33.0 Å². The smallest absolute Gasteiger partial charge is 0.138 e. The Kier molecular flexibility index (Phi) is 6.24. The highest BCUT2D eigenvalue weighted by molar-refractivity contribution is 4.90. The van der Waals surface area contributed by atoms with Crippen LogP contribution in [-0.2, 0) is 17.7 Å². The van der Waals surface area contributed by atoms with Gasteiger partial charge in [-0.2, -0.15) is 5.10 Å². The van der Waals surface area contributed by atoms with Crippen molar-refractivity contribution in [1.82, 2.24) is 20.2 Å². The topological polar surface area (TPSA) is 78.0 Å². The summed E-state index contributed by atoms with van der Waals surface area (Å²) in [5.74, 6) is 7.10. The molecule has 1 rings (SSSR count). The molecule has 0 amide bonds. The summed E-state index contributed by atoms with van der Waals surface area (Å²) in [6, 6.07) is 0.148. The number of hydrogen-bond acceptors (Lipinski definition) is 5. The Hall–Kier alpha value is -0.980. The number of aromatic nitrogens is 3. The van der Waals surface area contributed by atoms with Gasteiger partial charge in [0.25, 0.3) is 0 Å². The SMILES string of the molecule is COC(C)CC(Cc1ncnn1CC(C)C)NN. The number of nitrogens with zero attached hydrogens (tertiary/aromatic N) is 3. The molecule has 0 aliphatic carbocycles. The maximum atomic E-state index is 5.58. The van der Waals surface area contributed by atoms with Crippen LogP contribution in [0.15, 0.2) is 6.33 Å². The molecule has 0 aromatic carbocycles. The van der Waals surface area contributed by atoms with Crippen molar-refractivity contribution in [1.29, 1.82) is 0 Å². The van der Waals surface area contributed by atoms with Gasteiger partial charge in [-0.15, -0.1) is 0 Å². The Morgan fingerprint density at radius 3 is 2.72 bits per heavy atom. The van der Waals surface area contributed by atoms with Crippen LogP contribution in [0.25, 0.3) is 0 Å². The maximum absolute atomic E-state index is 5.58. The molecule has 2 atom stereocenters. The first-order valence-corrected chi connectivity index (χ1v) is 6.42. The van der Waals surface area contributed by atoms with Crippen molar-refractivity contribution in [3.63, 3.8) is 0 Å². The molecular weight excluding hydrogens is 230 g/mol. The van der Waals surface area contributed by atoms with E-state index in [-0.39, 0.29) is 12.1 Å². The monoisotopic (exact) mass is 255 g/mol. The van der Waals surface area contributed by atoms with Crippen LogP contribution in [0, 0.1) is 5.92 Å². The second kappa shape index (κ2) is 7.45. The Labute approximate surface area is 109 Å². The second-order valence-electron chi connectivity index (χ2n) is 5.10. The zero-order valence-electron chi connectivity index (χ0n) is 11.8. The van der Waals surface area contributed by atoms with Gasteiger partial charge in [-0.1, -0.05) is 13.8 Å². The molecule has 0 radical (unpaired) electrons. The number of methoxy groups -OCH3 is 1. The van der Waals surface area contributed by atoms with E-state index in [4.69, 9.17) is 10.6 Å². The number of nitrogens with one attached hydrogen (secondary N) is 1. The van der Waals surface area contributed by atoms with Crippen molar-refractivity contribution < 1.29 is 4.74 Å². The van der Waals surface area contributed by atoms with Crippen LogP contribution in [0.2, 0.25) is 0 Å². The highest BCUT2D eigenvalue weighted by Crippen LogP contribution is 2.08. The van der Waals surface area contributed by atoms with Crippen molar-refractivity contribution in [2.24, 2.45) is 11.8 Å². The number of ether oxygens (including phenoxy) is 1. The largest absolute Gasteiger partial charge is 0.382 e. The lowest BCUT2D eigenvalue weighted by Crippen LogP contribution is -2.39. The molecular formula is C12H25N5O. The van der Waals surface area contributed by atoms with E-state index in [1.807, 2.05) is 11.6 Å². The van der Waals surface area contributed by atoms with Crippen LogP contribution >= 0.6 is 0 Å². The molecule has 2 unspecified atom stereocenters. The highest BCUT2D eigenvalue weighted by Gasteiger charge is 2.16. The fourth-order valence-corrected chi connectivity index (χ4v) is 1.87. The minimum absolute atomic E-state index is 0.148. The summed E-state index contributed by atoms with van der Waals surface area (Å²) in [6.07, 6.45) is 3.39. The van der Waals surface area contributed by atoms with E-state index in [9.17, 15) is 0 Å². The van der Waals surface area contributed by atoms with Gasteiger partial charge in [0.1, 0.15) is 12.2 Å². The summed E-state index contributed by atoms with van der Waals surface area (Å²) >= 11 is 0. The van der Waals surface area contributed by atoms with Gasteiger partial charge in [0, 0.05) is 26.1 Å². The first-order valence-electron chi connectivity index (χ1n) is 6.42. The molecule has 0 bridgehead atoms. The minimum atomic E-state index is 0.148. The van der Waals surface area contributed by atoms with E-state index in [2.05, 4.69) is 29.4 Å². The summed E-state index contributed by atoms with van der Waals surface area (Å²) in [4.78, 5) is 4.31. The number of rotatable bonds is 8. The molecule has 0 aliphatic rings. The number of nitrogens with two attached hydrogens (primary N) is 1. The summed E-state index contributed by atoms with van der Waals surface area (Å²) in [6.45, 7) is 7.24. The zero-order chi connectivity index (χ0) is 13.5. The molecule has 0 spiro atoms. The van der Waals surface area contributed by atoms with E-state index in [0.29, 0.717) is 5.92 Å². The molecule has 18 heavy (non-hydrogen) atoms. The normalized spacial score (nSPS) is 15.0. The lowest BCUT2D eigenvalue weighted by Gasteiger charge is -2.19. The second-order valence-corrected chi connectivity index (χ2v) is 5.10. The third kappa shape index (κ3) is 4.72. The molecule has 0 saturated carbocycles. The van der Waals surface area contributed by atoms with Gasteiger partial charge in [0.05, 0.1) is 6.10 Å². The Morgan fingerprint density at radius 1 is 1.44 bits per heavy atom.